The second-order valence-corrected chi connectivity index (χ2v) is 3.82. The molecule has 0 aromatic heterocycles. The minimum atomic E-state index is -2.47. The average Bonchev–Trinajstić information content (AvgIpc) is 2.35. The zero-order valence-corrected chi connectivity index (χ0v) is 11.1. The third-order valence-corrected chi connectivity index (χ3v) is 2.69. The van der Waals surface area contributed by atoms with Gasteiger partial charge in [-0.1, -0.05) is 13.3 Å². The summed E-state index contributed by atoms with van der Waals surface area (Å²) in [4.78, 5) is 47.1. The van der Waals surface area contributed by atoms with Gasteiger partial charge in [0.05, 0.1) is 14.2 Å². The van der Waals surface area contributed by atoms with E-state index in [9.17, 15) is 19.2 Å². The third kappa shape index (κ3) is 2.75. The van der Waals surface area contributed by atoms with Gasteiger partial charge in [-0.05, 0) is 13.3 Å². The van der Waals surface area contributed by atoms with E-state index in [-0.39, 0.29) is 6.42 Å². The van der Waals surface area contributed by atoms with E-state index in [4.69, 9.17) is 0 Å². The van der Waals surface area contributed by atoms with Crippen molar-refractivity contribution >= 4 is 23.5 Å². The number of Topliss-reactive ketones (excluding diaryl/α,β-unsaturated/α-hetero) is 2. The van der Waals surface area contributed by atoms with Crippen LogP contribution >= 0.6 is 0 Å². The third-order valence-electron chi connectivity index (χ3n) is 2.69. The van der Waals surface area contributed by atoms with Gasteiger partial charge in [0.25, 0.3) is 5.41 Å². The highest BCUT2D eigenvalue weighted by atomic mass is 16.5. The second-order valence-electron chi connectivity index (χ2n) is 3.82. The number of rotatable bonds is 7. The molecule has 0 aromatic carbocycles. The Morgan fingerprint density at radius 2 is 1.44 bits per heavy atom. The molecule has 0 amide bonds. The fourth-order valence-electron chi connectivity index (χ4n) is 1.63. The number of carbonyl (C=O) groups excluding carboxylic acids is 4. The molecule has 6 nitrogen and oxygen atoms in total. The minimum Gasteiger partial charge on any atom is -0.467 e. The number of esters is 2. The van der Waals surface area contributed by atoms with Crippen molar-refractivity contribution in [1.82, 2.24) is 0 Å². The predicted molar refractivity (Wildman–Crippen MR) is 61.7 cm³/mol. The summed E-state index contributed by atoms with van der Waals surface area (Å²) in [5, 5.41) is 0. The van der Waals surface area contributed by atoms with Crippen molar-refractivity contribution in [2.45, 2.75) is 33.1 Å². The number of unbranched alkanes of at least 4 members (excludes halogenated alkanes) is 1. The molecule has 0 unspecified atom stereocenters. The fraction of sp³-hybridized carbons (Fsp3) is 0.667. The Bertz CT molecular complexity index is 342. The smallest absolute Gasteiger partial charge is 0.338 e. The van der Waals surface area contributed by atoms with Gasteiger partial charge in [0, 0.05) is 6.42 Å². The zero-order chi connectivity index (χ0) is 14.3. The number of ketones is 2. The second kappa shape index (κ2) is 6.88. The summed E-state index contributed by atoms with van der Waals surface area (Å²) in [6.45, 7) is 2.84. The fourth-order valence-corrected chi connectivity index (χ4v) is 1.63. The lowest BCUT2D eigenvalue weighted by Gasteiger charge is -2.23. The number of methoxy groups -OCH3 is 2. The Hall–Kier alpha value is -1.72. The van der Waals surface area contributed by atoms with Gasteiger partial charge in [0.15, 0.2) is 11.6 Å². The van der Waals surface area contributed by atoms with E-state index in [2.05, 4.69) is 9.47 Å². The van der Waals surface area contributed by atoms with Gasteiger partial charge in [0.2, 0.25) is 0 Å². The monoisotopic (exact) mass is 258 g/mol. The maximum atomic E-state index is 12.0. The molecule has 0 atom stereocenters. The molecule has 0 aliphatic rings. The topological polar surface area (TPSA) is 86.7 Å². The molecular formula is C12H18O6. The highest BCUT2D eigenvalue weighted by Crippen LogP contribution is 2.27. The van der Waals surface area contributed by atoms with Crippen molar-refractivity contribution in [3.8, 4) is 0 Å². The van der Waals surface area contributed by atoms with Crippen molar-refractivity contribution in [2.24, 2.45) is 5.41 Å². The minimum absolute atomic E-state index is 0.0553. The number of ether oxygens (including phenoxy) is 2. The molecule has 0 bridgehead atoms. The lowest BCUT2D eigenvalue weighted by molar-refractivity contribution is -0.174. The maximum absolute atomic E-state index is 12.0. The molecule has 0 aromatic rings. The number of hydrogen-bond donors (Lipinski definition) is 0. The van der Waals surface area contributed by atoms with Crippen molar-refractivity contribution in [1.29, 1.82) is 0 Å². The van der Waals surface area contributed by atoms with Gasteiger partial charge >= 0.3 is 11.9 Å². The zero-order valence-electron chi connectivity index (χ0n) is 11.1. The highest BCUT2D eigenvalue weighted by molar-refractivity contribution is 6.35. The Morgan fingerprint density at radius 1 is 1.00 bits per heavy atom. The lowest BCUT2D eigenvalue weighted by atomic mass is 9.77. The molecule has 6 heteroatoms. The Morgan fingerprint density at radius 3 is 1.72 bits per heavy atom. The van der Waals surface area contributed by atoms with E-state index in [1.807, 2.05) is 6.92 Å². The van der Waals surface area contributed by atoms with Gasteiger partial charge in [-0.15, -0.1) is 0 Å². The van der Waals surface area contributed by atoms with Crippen LogP contribution < -0.4 is 0 Å². The van der Waals surface area contributed by atoms with Crippen LogP contribution in [-0.4, -0.2) is 37.7 Å². The highest BCUT2D eigenvalue weighted by Gasteiger charge is 2.58. The molecule has 0 saturated carbocycles. The van der Waals surface area contributed by atoms with Crippen molar-refractivity contribution < 1.29 is 28.7 Å². The first-order chi connectivity index (χ1) is 8.39. The molecule has 0 fully saturated rings. The molecular weight excluding hydrogens is 240 g/mol. The van der Waals surface area contributed by atoms with Crippen LogP contribution in [0.1, 0.15) is 33.1 Å². The largest absolute Gasteiger partial charge is 0.467 e. The van der Waals surface area contributed by atoms with Gasteiger partial charge in [-0.2, -0.15) is 0 Å². The van der Waals surface area contributed by atoms with Gasteiger partial charge < -0.3 is 9.47 Å². The average molecular weight is 258 g/mol. The van der Waals surface area contributed by atoms with E-state index in [0.717, 1.165) is 21.1 Å². The van der Waals surface area contributed by atoms with E-state index >= 15 is 0 Å². The molecule has 0 spiro atoms. The number of hydrogen-bond acceptors (Lipinski definition) is 6. The van der Waals surface area contributed by atoms with E-state index in [1.54, 1.807) is 0 Å². The van der Waals surface area contributed by atoms with E-state index < -0.39 is 28.9 Å². The molecule has 102 valence electrons. The van der Waals surface area contributed by atoms with Crippen molar-refractivity contribution in [3.63, 3.8) is 0 Å². The summed E-state index contributed by atoms with van der Waals surface area (Å²) in [5.74, 6) is -4.05. The standard InChI is InChI=1S/C12H18O6/c1-5-6-7-9(14)12(8(2)13,10(15)17-3)11(16)18-4/h5-7H2,1-4H3. The van der Waals surface area contributed by atoms with Crippen LogP contribution in [0.25, 0.3) is 0 Å². The first-order valence-electron chi connectivity index (χ1n) is 5.60. The Kier molecular flexibility index (Phi) is 6.22. The van der Waals surface area contributed by atoms with Gasteiger partial charge in [-0.25, -0.2) is 9.59 Å². The molecule has 0 aliphatic heterocycles. The summed E-state index contributed by atoms with van der Waals surface area (Å²) in [6.07, 6.45) is 1.12. The van der Waals surface area contributed by atoms with Crippen LogP contribution in [-0.2, 0) is 28.7 Å². The predicted octanol–water partition coefficient (Wildman–Crippen LogP) is 0.667. The molecule has 0 aliphatic carbocycles. The molecule has 0 radical (unpaired) electrons. The van der Waals surface area contributed by atoms with Crippen LogP contribution in [0.5, 0.6) is 0 Å². The Labute approximate surface area is 106 Å². The van der Waals surface area contributed by atoms with Gasteiger partial charge in [-0.3, -0.25) is 9.59 Å². The maximum Gasteiger partial charge on any atom is 0.338 e. The van der Waals surface area contributed by atoms with Crippen LogP contribution in [0.15, 0.2) is 0 Å². The first kappa shape index (κ1) is 16.3. The molecule has 0 N–H and O–H groups in total. The van der Waals surface area contributed by atoms with Crippen molar-refractivity contribution in [2.75, 3.05) is 14.2 Å². The van der Waals surface area contributed by atoms with E-state index in [1.165, 1.54) is 0 Å². The Balaban J connectivity index is 5.62. The van der Waals surface area contributed by atoms with Crippen LogP contribution in [0.2, 0.25) is 0 Å². The summed E-state index contributed by atoms with van der Waals surface area (Å²) in [7, 11) is 2.02. The molecule has 0 heterocycles. The summed E-state index contributed by atoms with van der Waals surface area (Å²) in [6, 6.07) is 0. The molecule has 18 heavy (non-hydrogen) atoms. The van der Waals surface area contributed by atoms with Crippen LogP contribution in [0, 0.1) is 5.41 Å². The van der Waals surface area contributed by atoms with Crippen LogP contribution in [0.4, 0.5) is 0 Å². The first-order valence-corrected chi connectivity index (χ1v) is 5.60. The number of carbonyl (C=O) groups is 4. The van der Waals surface area contributed by atoms with E-state index in [0.29, 0.717) is 12.8 Å². The van der Waals surface area contributed by atoms with Gasteiger partial charge in [0.1, 0.15) is 0 Å². The van der Waals surface area contributed by atoms with Crippen molar-refractivity contribution in [3.05, 3.63) is 0 Å². The summed E-state index contributed by atoms with van der Waals surface area (Å²) in [5.41, 5.74) is -2.47. The quantitative estimate of drug-likeness (QED) is 0.492. The normalized spacial score (nSPS) is 10.7. The SMILES string of the molecule is CCCCC(=O)C(C(C)=O)(C(=O)OC)C(=O)OC. The molecule has 0 saturated heterocycles. The summed E-state index contributed by atoms with van der Waals surface area (Å²) < 4.78 is 8.84. The lowest BCUT2D eigenvalue weighted by Crippen LogP contribution is -2.52. The summed E-state index contributed by atoms with van der Waals surface area (Å²) >= 11 is 0. The molecule has 0 rings (SSSR count). The van der Waals surface area contributed by atoms with Crippen LogP contribution in [0.3, 0.4) is 0 Å².